The fourth-order valence-electron chi connectivity index (χ4n) is 1.49. The van der Waals surface area contributed by atoms with Gasteiger partial charge in [0, 0.05) is 18.6 Å². The Hall–Kier alpha value is -2.47. The van der Waals surface area contributed by atoms with Crippen LogP contribution in [0.5, 0.6) is 0 Å². The number of anilines is 2. The molecule has 1 amide bonds. The Balaban J connectivity index is 2.22. The van der Waals surface area contributed by atoms with Crippen LogP contribution in [-0.2, 0) is 0 Å². The van der Waals surface area contributed by atoms with E-state index in [0.717, 1.165) is 5.56 Å². The van der Waals surface area contributed by atoms with Crippen LogP contribution in [0.1, 0.15) is 15.9 Å². The van der Waals surface area contributed by atoms with E-state index in [9.17, 15) is 4.79 Å². The van der Waals surface area contributed by atoms with E-state index in [1.165, 1.54) is 6.20 Å². The van der Waals surface area contributed by atoms with Gasteiger partial charge in [0.05, 0.1) is 11.3 Å². The maximum atomic E-state index is 12.0. The summed E-state index contributed by atoms with van der Waals surface area (Å²) in [6, 6.07) is 5.26. The molecule has 0 atom stereocenters. The lowest BCUT2D eigenvalue weighted by Gasteiger charge is -2.08. The molecule has 0 aliphatic heterocycles. The first-order valence-electron chi connectivity index (χ1n) is 5.35. The molecule has 0 bridgehead atoms. The first-order chi connectivity index (χ1) is 8.70. The van der Waals surface area contributed by atoms with Crippen molar-refractivity contribution in [2.45, 2.75) is 6.92 Å². The number of amides is 1. The topological polar surface area (TPSA) is 92.9 Å². The van der Waals surface area contributed by atoms with E-state index < -0.39 is 0 Å². The van der Waals surface area contributed by atoms with Crippen molar-refractivity contribution in [3.05, 3.63) is 47.9 Å². The van der Waals surface area contributed by atoms with Crippen LogP contribution in [0.2, 0.25) is 0 Å². The third-order valence-corrected chi connectivity index (χ3v) is 2.38. The Kier molecular flexibility index (Phi) is 3.49. The summed E-state index contributed by atoms with van der Waals surface area (Å²) in [6.07, 6.45) is 4.63. The highest BCUT2D eigenvalue weighted by Gasteiger charge is 2.11. The molecule has 0 aliphatic carbocycles. The Morgan fingerprint density at radius 3 is 2.89 bits per heavy atom. The molecule has 2 rings (SSSR count). The zero-order valence-corrected chi connectivity index (χ0v) is 9.84. The van der Waals surface area contributed by atoms with E-state index in [4.69, 9.17) is 5.84 Å². The van der Waals surface area contributed by atoms with Crippen LogP contribution < -0.4 is 16.6 Å². The van der Waals surface area contributed by atoms with Crippen LogP contribution in [0.15, 0.2) is 36.8 Å². The summed E-state index contributed by atoms with van der Waals surface area (Å²) >= 11 is 0. The molecule has 6 heteroatoms. The first-order valence-corrected chi connectivity index (χ1v) is 5.35. The van der Waals surface area contributed by atoms with Crippen molar-refractivity contribution in [2.75, 3.05) is 10.7 Å². The molecule has 92 valence electrons. The fraction of sp³-hybridized carbons (Fsp3) is 0.0833. The molecule has 18 heavy (non-hydrogen) atoms. The van der Waals surface area contributed by atoms with Crippen LogP contribution in [0, 0.1) is 6.92 Å². The van der Waals surface area contributed by atoms with Gasteiger partial charge in [0.15, 0.2) is 0 Å². The van der Waals surface area contributed by atoms with Gasteiger partial charge in [-0.3, -0.25) is 15.6 Å². The van der Waals surface area contributed by atoms with Gasteiger partial charge < -0.3 is 10.7 Å². The third kappa shape index (κ3) is 2.61. The van der Waals surface area contributed by atoms with Crippen molar-refractivity contribution in [2.24, 2.45) is 5.84 Å². The lowest BCUT2D eigenvalue weighted by Crippen LogP contribution is -2.18. The minimum Gasteiger partial charge on any atom is -0.323 e. The van der Waals surface area contributed by atoms with E-state index in [2.05, 4.69) is 20.7 Å². The van der Waals surface area contributed by atoms with Gasteiger partial charge in [0.2, 0.25) is 0 Å². The molecule has 2 aromatic rings. The van der Waals surface area contributed by atoms with Crippen molar-refractivity contribution in [3.63, 3.8) is 0 Å². The van der Waals surface area contributed by atoms with Crippen molar-refractivity contribution in [3.8, 4) is 0 Å². The molecule has 0 unspecified atom stereocenters. The Morgan fingerprint density at radius 2 is 2.17 bits per heavy atom. The average molecular weight is 243 g/mol. The Morgan fingerprint density at radius 1 is 1.33 bits per heavy atom. The van der Waals surface area contributed by atoms with E-state index in [1.807, 2.05) is 13.0 Å². The standard InChI is InChI=1S/C12H13N5O/c1-8-2-5-15-11(6-8)16-12(18)9-7-14-4-3-10(9)17-13/h2-7H,13H2,1H3,(H,14,17)(H,15,16,18). The maximum Gasteiger partial charge on any atom is 0.260 e. The van der Waals surface area contributed by atoms with Gasteiger partial charge >= 0.3 is 0 Å². The van der Waals surface area contributed by atoms with E-state index in [0.29, 0.717) is 17.1 Å². The number of hydrazine groups is 1. The van der Waals surface area contributed by atoms with Crippen LogP contribution in [-0.4, -0.2) is 15.9 Å². The Labute approximate surface area is 104 Å². The van der Waals surface area contributed by atoms with E-state index >= 15 is 0 Å². The van der Waals surface area contributed by atoms with Crippen molar-refractivity contribution in [1.82, 2.24) is 9.97 Å². The number of hydrogen-bond donors (Lipinski definition) is 3. The number of nitrogens with one attached hydrogen (secondary N) is 2. The highest BCUT2D eigenvalue weighted by Crippen LogP contribution is 2.14. The zero-order valence-electron chi connectivity index (χ0n) is 9.84. The SMILES string of the molecule is Cc1ccnc(NC(=O)c2cnccc2NN)c1. The van der Waals surface area contributed by atoms with Gasteiger partial charge in [-0.1, -0.05) is 0 Å². The summed E-state index contributed by atoms with van der Waals surface area (Å²) in [5.41, 5.74) is 4.34. The monoisotopic (exact) mass is 243 g/mol. The van der Waals surface area contributed by atoms with Crippen LogP contribution in [0.3, 0.4) is 0 Å². The zero-order chi connectivity index (χ0) is 13.0. The number of aryl methyl sites for hydroxylation is 1. The van der Waals surface area contributed by atoms with Gasteiger partial charge in [0.25, 0.3) is 5.91 Å². The lowest BCUT2D eigenvalue weighted by atomic mass is 10.2. The molecule has 6 nitrogen and oxygen atoms in total. The summed E-state index contributed by atoms with van der Waals surface area (Å²) in [7, 11) is 0. The summed E-state index contributed by atoms with van der Waals surface area (Å²) in [5, 5.41) is 2.69. The lowest BCUT2D eigenvalue weighted by molar-refractivity contribution is 0.102. The number of carbonyl (C=O) groups excluding carboxylic acids is 1. The molecular weight excluding hydrogens is 230 g/mol. The molecule has 0 saturated heterocycles. The van der Waals surface area contributed by atoms with E-state index in [1.54, 1.807) is 24.5 Å². The largest absolute Gasteiger partial charge is 0.323 e. The molecule has 0 aromatic carbocycles. The van der Waals surface area contributed by atoms with Crippen molar-refractivity contribution >= 4 is 17.4 Å². The number of hydrogen-bond acceptors (Lipinski definition) is 5. The number of aromatic nitrogens is 2. The minimum absolute atomic E-state index is 0.311. The molecule has 0 saturated carbocycles. The number of nitrogens with zero attached hydrogens (tertiary/aromatic N) is 2. The fourth-order valence-corrected chi connectivity index (χ4v) is 1.49. The van der Waals surface area contributed by atoms with Crippen molar-refractivity contribution in [1.29, 1.82) is 0 Å². The number of carbonyl (C=O) groups is 1. The highest BCUT2D eigenvalue weighted by atomic mass is 16.1. The maximum absolute atomic E-state index is 12.0. The van der Waals surface area contributed by atoms with Gasteiger partial charge in [-0.15, -0.1) is 0 Å². The second-order valence-electron chi connectivity index (χ2n) is 3.74. The van der Waals surface area contributed by atoms with Gasteiger partial charge in [0.1, 0.15) is 5.82 Å². The van der Waals surface area contributed by atoms with Gasteiger partial charge in [-0.05, 0) is 30.7 Å². The number of nitrogen functional groups attached to an aromatic ring is 1. The number of nitrogens with two attached hydrogens (primary N) is 1. The van der Waals surface area contributed by atoms with E-state index in [-0.39, 0.29) is 5.91 Å². The summed E-state index contributed by atoms with van der Waals surface area (Å²) < 4.78 is 0. The predicted octanol–water partition coefficient (Wildman–Crippen LogP) is 1.32. The van der Waals surface area contributed by atoms with Gasteiger partial charge in [-0.2, -0.15) is 0 Å². The molecule has 0 aliphatic rings. The molecule has 2 aromatic heterocycles. The summed E-state index contributed by atoms with van der Waals surface area (Å²) in [4.78, 5) is 20.0. The second kappa shape index (κ2) is 5.24. The summed E-state index contributed by atoms with van der Waals surface area (Å²) in [5.74, 6) is 5.51. The normalized spacial score (nSPS) is 9.89. The molecule has 0 spiro atoms. The Bertz CT molecular complexity index is 570. The molecule has 4 N–H and O–H groups in total. The van der Waals surface area contributed by atoms with Gasteiger partial charge in [-0.25, -0.2) is 4.98 Å². The first kappa shape index (κ1) is 12.0. The molecular formula is C12H13N5O. The van der Waals surface area contributed by atoms with Crippen LogP contribution in [0.25, 0.3) is 0 Å². The third-order valence-electron chi connectivity index (χ3n) is 2.38. The number of rotatable bonds is 3. The highest BCUT2D eigenvalue weighted by molar-refractivity contribution is 6.07. The molecule has 0 fully saturated rings. The smallest absolute Gasteiger partial charge is 0.260 e. The van der Waals surface area contributed by atoms with Crippen LogP contribution >= 0.6 is 0 Å². The van der Waals surface area contributed by atoms with Crippen LogP contribution in [0.4, 0.5) is 11.5 Å². The molecule has 0 radical (unpaired) electrons. The number of pyridine rings is 2. The second-order valence-corrected chi connectivity index (χ2v) is 3.74. The predicted molar refractivity (Wildman–Crippen MR) is 69.0 cm³/mol. The average Bonchev–Trinajstić information content (AvgIpc) is 2.38. The molecule has 2 heterocycles. The van der Waals surface area contributed by atoms with Crippen molar-refractivity contribution < 1.29 is 4.79 Å². The minimum atomic E-state index is -0.311. The quantitative estimate of drug-likeness (QED) is 0.558. The summed E-state index contributed by atoms with van der Waals surface area (Å²) in [6.45, 7) is 1.92.